The lowest BCUT2D eigenvalue weighted by molar-refractivity contribution is -0.137. The zero-order valence-corrected chi connectivity index (χ0v) is 29.5. The zero-order valence-electron chi connectivity index (χ0n) is 26.0. The largest absolute Gasteiger partial charge is 0.481 e. The van der Waals surface area contributed by atoms with E-state index < -0.39 is 95.6 Å². The van der Waals surface area contributed by atoms with E-state index in [0.717, 1.165) is 17.2 Å². The summed E-state index contributed by atoms with van der Waals surface area (Å²) >= 11 is -2.11. The number of carbonyl (C=O) groups excluding carboxylic acids is 2. The maximum Gasteiger partial charge on any atom is 0.481 e. The van der Waals surface area contributed by atoms with Crippen LogP contribution in [0.25, 0.3) is 11.2 Å². The Morgan fingerprint density at radius 2 is 1.76 bits per heavy atom. The summed E-state index contributed by atoms with van der Waals surface area (Å²) in [6.07, 6.45) is -7.05. The first kappa shape index (κ1) is 42.1. The molecule has 0 radical (unpaired) electrons. The number of hydrogen-bond donors (Lipinski definition) is 10. The van der Waals surface area contributed by atoms with Gasteiger partial charge in [-0.3, -0.25) is 27.7 Å². The van der Waals surface area contributed by atoms with E-state index in [-0.39, 0.29) is 42.2 Å². The van der Waals surface area contributed by atoms with Gasteiger partial charge < -0.3 is 55.4 Å². The fourth-order valence-corrected chi connectivity index (χ4v) is 7.32. The van der Waals surface area contributed by atoms with Crippen LogP contribution in [-0.2, 0) is 57.0 Å². The number of nitrogen functional groups attached to an aromatic ring is 1. The second kappa shape index (κ2) is 17.0. The number of imidazole rings is 1. The third kappa shape index (κ3) is 12.1. The molecule has 1 aliphatic rings. The van der Waals surface area contributed by atoms with Crippen LogP contribution in [0.5, 0.6) is 0 Å². The lowest BCUT2D eigenvalue weighted by Crippen LogP contribution is -2.46. The number of phosphoric ester groups is 3. The molecule has 284 valence electrons. The van der Waals surface area contributed by atoms with Crippen molar-refractivity contribution in [3.63, 3.8) is 0 Å². The van der Waals surface area contributed by atoms with Gasteiger partial charge in [0.2, 0.25) is 11.8 Å². The van der Waals surface area contributed by atoms with Crippen molar-refractivity contribution in [3.05, 3.63) is 12.7 Å². The molecule has 25 nitrogen and oxygen atoms in total. The van der Waals surface area contributed by atoms with Gasteiger partial charge in [0.25, 0.3) is 0 Å². The lowest BCUT2D eigenvalue weighted by atomic mass is 9.87. The number of carbonyl (C=O) groups is 2. The molecule has 0 spiro atoms. The van der Waals surface area contributed by atoms with Gasteiger partial charge in [0.15, 0.2) is 28.8 Å². The number of nitrogens with two attached hydrogens (primary N) is 1. The third-order valence-electron chi connectivity index (χ3n) is 6.68. The van der Waals surface area contributed by atoms with Crippen LogP contribution in [-0.4, -0.2) is 126 Å². The molecular weight excluding hydrogens is 763 g/mol. The van der Waals surface area contributed by atoms with Crippen molar-refractivity contribution in [2.24, 2.45) is 5.41 Å². The molecule has 3 rings (SSSR count). The molecule has 11 N–H and O–H groups in total. The number of anilines is 1. The number of nitrogens with one attached hydrogen (secondary N) is 2. The van der Waals surface area contributed by atoms with Gasteiger partial charge in [-0.25, -0.2) is 32.9 Å². The highest BCUT2D eigenvalue weighted by Gasteiger charge is 2.50. The van der Waals surface area contributed by atoms with Crippen molar-refractivity contribution in [2.45, 2.75) is 50.9 Å². The number of rotatable bonds is 19. The number of nitrogens with zero attached hydrogens (tertiary/aromatic N) is 4. The Labute approximate surface area is 284 Å². The fraction of sp³-hybridized carbons (Fsp3) is 0.667. The first-order valence-electron chi connectivity index (χ1n) is 14.0. The molecule has 2 amide bonds. The van der Waals surface area contributed by atoms with E-state index in [9.17, 15) is 57.3 Å². The molecule has 2 aromatic heterocycles. The number of amides is 2. The van der Waals surface area contributed by atoms with E-state index in [2.05, 4.69) is 34.4 Å². The molecule has 3 heterocycles. The molecule has 8 atom stereocenters. The molecule has 3 unspecified atom stereocenters. The molecule has 0 aliphatic carbocycles. The highest BCUT2D eigenvalue weighted by Crippen LogP contribution is 2.61. The number of hydrogen-bond acceptors (Lipinski definition) is 17. The van der Waals surface area contributed by atoms with Crippen LogP contribution < -0.4 is 16.4 Å². The first-order valence-corrected chi connectivity index (χ1v) is 19.8. The van der Waals surface area contributed by atoms with Crippen LogP contribution in [0.15, 0.2) is 12.7 Å². The third-order valence-corrected chi connectivity index (χ3v) is 10.3. The predicted molar refractivity (Wildman–Crippen MR) is 165 cm³/mol. The molecule has 2 aromatic rings. The Hall–Kier alpha value is -2.35. The van der Waals surface area contributed by atoms with Crippen LogP contribution in [0, 0.1) is 5.41 Å². The van der Waals surface area contributed by atoms with E-state index >= 15 is 0 Å². The van der Waals surface area contributed by atoms with Gasteiger partial charge in [-0.05, 0) is 0 Å². The average Bonchev–Trinajstić information content (AvgIpc) is 3.54. The monoisotopic (exact) mass is 799 g/mol. The first-order chi connectivity index (χ1) is 23.0. The summed E-state index contributed by atoms with van der Waals surface area (Å²) in [7, 11) is -16.4. The number of aromatic nitrogens is 4. The highest BCUT2D eigenvalue weighted by atomic mass is 32.2. The van der Waals surface area contributed by atoms with Crippen molar-refractivity contribution < 1.29 is 84.5 Å². The minimum absolute atomic E-state index is 0.0244. The van der Waals surface area contributed by atoms with Crippen molar-refractivity contribution >= 4 is 63.3 Å². The van der Waals surface area contributed by atoms with Crippen molar-refractivity contribution in [1.29, 1.82) is 0 Å². The van der Waals surface area contributed by atoms with Crippen LogP contribution in [0.3, 0.4) is 0 Å². The van der Waals surface area contributed by atoms with Gasteiger partial charge in [0, 0.05) is 24.9 Å². The van der Waals surface area contributed by atoms with Crippen molar-refractivity contribution in [3.8, 4) is 0 Å². The van der Waals surface area contributed by atoms with E-state index in [1.54, 1.807) is 0 Å². The second-order valence-corrected chi connectivity index (χ2v) is 16.4. The smallest absolute Gasteiger partial charge is 0.386 e. The van der Waals surface area contributed by atoms with E-state index in [4.69, 9.17) is 24.1 Å². The summed E-state index contributed by atoms with van der Waals surface area (Å²) in [5.41, 5.74) is 4.21. The quantitative estimate of drug-likeness (QED) is 0.0524. The molecule has 1 saturated heterocycles. The number of fused-ring (bicyclic) bond motifs is 1. The molecule has 0 bridgehead atoms. The molecule has 0 saturated carbocycles. The van der Waals surface area contributed by atoms with Gasteiger partial charge >= 0.3 is 23.5 Å². The normalized spacial score (nSPS) is 23.5. The van der Waals surface area contributed by atoms with Gasteiger partial charge in [0.05, 0.1) is 25.3 Å². The molecule has 29 heteroatoms. The van der Waals surface area contributed by atoms with E-state index in [1.807, 2.05) is 0 Å². The summed E-state index contributed by atoms with van der Waals surface area (Å²) in [4.78, 5) is 74.7. The summed E-state index contributed by atoms with van der Waals surface area (Å²) in [6.45, 7) is 0.0596. The van der Waals surface area contributed by atoms with Crippen molar-refractivity contribution in [2.75, 3.05) is 37.8 Å². The van der Waals surface area contributed by atoms with Crippen molar-refractivity contribution in [1.82, 2.24) is 30.2 Å². The van der Waals surface area contributed by atoms with Gasteiger partial charge in [0.1, 0.15) is 36.3 Å². The van der Waals surface area contributed by atoms with Gasteiger partial charge in [-0.2, -0.15) is 4.31 Å². The summed E-state index contributed by atoms with van der Waals surface area (Å²) in [5, 5.41) is 25.8. The van der Waals surface area contributed by atoms with Crippen LogP contribution in [0.4, 0.5) is 5.82 Å². The second-order valence-electron chi connectivity index (χ2n) is 11.1. The maximum absolute atomic E-state index is 12.6. The standard InChI is InChI=1S/C21H36N7O18P3S/c1-21(2,16(31)19(32)24-4-3-12(29)23-5-6-50(40)41)8-43-49(38,39)46-48(36,37)42-7-11-15(45-47(33,34)35)14(30)20(44-11)28-10-27-13-17(22)25-9-26-18(13)28/h9-11,14-16,20,30-31H,3-8H2,1-2H3,(H,23,29)(H,24,32)(H,36,37)(H,38,39)(H,40,41)(H2,22,25,26)(H2,33,34,35)/t11-,14-,15-,16+,20-/m1/s1. The number of aliphatic hydroxyl groups excluding tert-OH is 2. The van der Waals surface area contributed by atoms with E-state index in [1.165, 1.54) is 13.8 Å². The van der Waals surface area contributed by atoms with Crippen LogP contribution in [0.2, 0.25) is 0 Å². The number of aliphatic hydroxyl groups is 2. The average molecular weight is 800 g/mol. The SMILES string of the molecule is CC(C)(COP(=O)(O)OP(=O)(O)OC[C@H]1O[C@@H](n2cnc3c(N)ncnc32)[C@H](O)[C@@H]1OP(=O)(O)O)[C@@H](O)C(=O)NCCC(=O)NCCS(=O)O. The molecule has 0 aromatic carbocycles. The minimum atomic E-state index is -5.57. The Balaban J connectivity index is 1.57. The summed E-state index contributed by atoms with van der Waals surface area (Å²) in [6, 6.07) is 0. The Morgan fingerprint density at radius 3 is 2.40 bits per heavy atom. The summed E-state index contributed by atoms with van der Waals surface area (Å²) in [5.74, 6) is -1.83. The number of phosphoric acid groups is 3. The molecular formula is C21H36N7O18P3S. The fourth-order valence-electron chi connectivity index (χ4n) is 4.22. The topological polar surface area (TPSA) is 384 Å². The maximum atomic E-state index is 12.6. The predicted octanol–water partition coefficient (Wildman–Crippen LogP) is -2.37. The molecule has 1 aliphatic heterocycles. The summed E-state index contributed by atoms with van der Waals surface area (Å²) < 4.78 is 80.9. The molecule has 1 fully saturated rings. The minimum Gasteiger partial charge on any atom is -0.386 e. The number of ether oxygens (including phenoxy) is 1. The molecule has 50 heavy (non-hydrogen) atoms. The Bertz CT molecular complexity index is 1690. The van der Waals surface area contributed by atoms with E-state index in [0.29, 0.717) is 0 Å². The Kier molecular flexibility index (Phi) is 14.3. The zero-order chi connectivity index (χ0) is 37.7. The highest BCUT2D eigenvalue weighted by molar-refractivity contribution is 7.79. The van der Waals surface area contributed by atoms with Gasteiger partial charge in [-0.1, -0.05) is 13.8 Å². The van der Waals surface area contributed by atoms with Gasteiger partial charge in [-0.15, -0.1) is 0 Å². The lowest BCUT2D eigenvalue weighted by Gasteiger charge is -2.30. The van der Waals surface area contributed by atoms with Crippen LogP contribution in [0.1, 0.15) is 26.5 Å². The van der Waals surface area contributed by atoms with Crippen LogP contribution >= 0.6 is 23.5 Å². The Morgan fingerprint density at radius 1 is 1.10 bits per heavy atom.